The summed E-state index contributed by atoms with van der Waals surface area (Å²) in [4.78, 5) is 4.19. The number of aromatic nitrogens is 3. The molecule has 0 amide bonds. The first-order chi connectivity index (χ1) is 9.72. The number of nitrogens with one attached hydrogen (secondary N) is 1. The lowest BCUT2D eigenvalue weighted by Crippen LogP contribution is -2.23. The van der Waals surface area contributed by atoms with Gasteiger partial charge in [0.15, 0.2) is 0 Å². The Hall–Kier alpha value is -1.68. The Kier molecular flexibility index (Phi) is 5.30. The SMILES string of the molecule is CCCNC(CCc1ccnn1C)c1ccncc1C. The fourth-order valence-corrected chi connectivity index (χ4v) is 2.50. The van der Waals surface area contributed by atoms with Crippen molar-refractivity contribution >= 4 is 0 Å². The number of hydrogen-bond donors (Lipinski definition) is 1. The van der Waals surface area contributed by atoms with Crippen LogP contribution in [0.3, 0.4) is 0 Å². The van der Waals surface area contributed by atoms with Crippen molar-refractivity contribution in [3.8, 4) is 0 Å². The summed E-state index contributed by atoms with van der Waals surface area (Å²) in [6, 6.07) is 4.61. The Morgan fingerprint density at radius 2 is 2.15 bits per heavy atom. The van der Waals surface area contributed by atoms with Crippen molar-refractivity contribution in [3.05, 3.63) is 47.5 Å². The van der Waals surface area contributed by atoms with Gasteiger partial charge < -0.3 is 5.32 Å². The normalized spacial score (nSPS) is 12.6. The molecule has 20 heavy (non-hydrogen) atoms. The van der Waals surface area contributed by atoms with E-state index in [1.807, 2.05) is 30.3 Å². The van der Waals surface area contributed by atoms with Crippen LogP contribution in [-0.4, -0.2) is 21.3 Å². The first kappa shape index (κ1) is 14.7. The molecule has 2 heterocycles. The molecule has 0 saturated heterocycles. The number of rotatable bonds is 7. The fraction of sp³-hybridized carbons (Fsp3) is 0.500. The Balaban J connectivity index is 2.08. The molecule has 0 radical (unpaired) electrons. The van der Waals surface area contributed by atoms with Gasteiger partial charge in [0.2, 0.25) is 0 Å². The van der Waals surface area contributed by atoms with E-state index in [1.165, 1.54) is 16.8 Å². The predicted molar refractivity (Wildman–Crippen MR) is 81.5 cm³/mol. The lowest BCUT2D eigenvalue weighted by atomic mass is 9.98. The monoisotopic (exact) mass is 272 g/mol. The first-order valence-electron chi connectivity index (χ1n) is 7.33. The Labute approximate surface area is 121 Å². The van der Waals surface area contributed by atoms with Gasteiger partial charge in [-0.3, -0.25) is 9.67 Å². The third-order valence-electron chi connectivity index (χ3n) is 3.69. The van der Waals surface area contributed by atoms with Crippen LogP contribution >= 0.6 is 0 Å². The van der Waals surface area contributed by atoms with E-state index in [-0.39, 0.29) is 0 Å². The van der Waals surface area contributed by atoms with Crippen molar-refractivity contribution < 1.29 is 0 Å². The summed E-state index contributed by atoms with van der Waals surface area (Å²) in [6.45, 7) is 5.37. The van der Waals surface area contributed by atoms with Crippen molar-refractivity contribution in [1.29, 1.82) is 0 Å². The van der Waals surface area contributed by atoms with E-state index in [2.05, 4.69) is 41.4 Å². The van der Waals surface area contributed by atoms with Gasteiger partial charge in [-0.25, -0.2) is 0 Å². The first-order valence-corrected chi connectivity index (χ1v) is 7.33. The van der Waals surface area contributed by atoms with Gasteiger partial charge in [0, 0.05) is 37.4 Å². The van der Waals surface area contributed by atoms with Crippen LogP contribution in [-0.2, 0) is 13.5 Å². The lowest BCUT2D eigenvalue weighted by molar-refractivity contribution is 0.489. The van der Waals surface area contributed by atoms with E-state index in [0.29, 0.717) is 6.04 Å². The molecule has 0 aliphatic heterocycles. The van der Waals surface area contributed by atoms with Crippen LogP contribution in [0.5, 0.6) is 0 Å². The largest absolute Gasteiger partial charge is 0.310 e. The summed E-state index contributed by atoms with van der Waals surface area (Å²) in [5.41, 5.74) is 3.89. The second kappa shape index (κ2) is 7.20. The number of pyridine rings is 1. The molecule has 0 bridgehead atoms. The average molecular weight is 272 g/mol. The number of hydrogen-bond acceptors (Lipinski definition) is 3. The average Bonchev–Trinajstić information content (AvgIpc) is 2.86. The van der Waals surface area contributed by atoms with Gasteiger partial charge in [-0.2, -0.15) is 5.10 Å². The van der Waals surface area contributed by atoms with E-state index in [9.17, 15) is 0 Å². The van der Waals surface area contributed by atoms with Crippen LogP contribution in [0.15, 0.2) is 30.7 Å². The fourth-order valence-electron chi connectivity index (χ4n) is 2.50. The van der Waals surface area contributed by atoms with Crippen LogP contribution in [0.25, 0.3) is 0 Å². The molecule has 0 spiro atoms. The summed E-state index contributed by atoms with van der Waals surface area (Å²) in [7, 11) is 2.00. The van der Waals surface area contributed by atoms with Gasteiger partial charge in [0.1, 0.15) is 0 Å². The van der Waals surface area contributed by atoms with Crippen molar-refractivity contribution in [2.45, 2.75) is 39.2 Å². The van der Waals surface area contributed by atoms with Crippen LogP contribution in [0.2, 0.25) is 0 Å². The molecule has 2 rings (SSSR count). The van der Waals surface area contributed by atoms with Crippen LogP contribution in [0.1, 0.15) is 42.6 Å². The molecule has 2 aromatic rings. The third kappa shape index (κ3) is 3.67. The zero-order chi connectivity index (χ0) is 14.4. The molecule has 0 fully saturated rings. The van der Waals surface area contributed by atoms with E-state index < -0.39 is 0 Å². The molecular weight excluding hydrogens is 248 g/mol. The minimum absolute atomic E-state index is 0.382. The van der Waals surface area contributed by atoms with Crippen molar-refractivity contribution in [2.75, 3.05) is 6.54 Å². The molecule has 108 valence electrons. The summed E-state index contributed by atoms with van der Waals surface area (Å²) >= 11 is 0. The molecule has 0 saturated carbocycles. The molecule has 2 aromatic heterocycles. The molecule has 0 aromatic carbocycles. The molecule has 0 aliphatic rings. The quantitative estimate of drug-likeness (QED) is 0.843. The van der Waals surface area contributed by atoms with Crippen LogP contribution in [0, 0.1) is 6.92 Å². The summed E-state index contributed by atoms with van der Waals surface area (Å²) in [5.74, 6) is 0. The highest BCUT2D eigenvalue weighted by Crippen LogP contribution is 2.21. The van der Waals surface area contributed by atoms with Gasteiger partial charge in [0.05, 0.1) is 0 Å². The molecule has 1 unspecified atom stereocenters. The second-order valence-corrected chi connectivity index (χ2v) is 5.22. The van der Waals surface area contributed by atoms with Crippen molar-refractivity contribution in [2.24, 2.45) is 7.05 Å². The van der Waals surface area contributed by atoms with E-state index in [1.54, 1.807) is 0 Å². The van der Waals surface area contributed by atoms with E-state index in [4.69, 9.17) is 0 Å². The van der Waals surface area contributed by atoms with Gasteiger partial charge >= 0.3 is 0 Å². The molecule has 4 heteroatoms. The predicted octanol–water partition coefficient (Wildman–Crippen LogP) is 2.80. The summed E-state index contributed by atoms with van der Waals surface area (Å²) < 4.78 is 1.95. The number of nitrogens with zero attached hydrogens (tertiary/aromatic N) is 3. The smallest absolute Gasteiger partial charge is 0.0492 e. The Morgan fingerprint density at radius 3 is 2.80 bits per heavy atom. The Bertz CT molecular complexity index is 533. The summed E-state index contributed by atoms with van der Waals surface area (Å²) in [5, 5.41) is 7.88. The van der Waals surface area contributed by atoms with Crippen molar-refractivity contribution in [1.82, 2.24) is 20.1 Å². The van der Waals surface area contributed by atoms with Crippen LogP contribution < -0.4 is 5.32 Å². The zero-order valence-electron chi connectivity index (χ0n) is 12.6. The lowest BCUT2D eigenvalue weighted by Gasteiger charge is -2.20. The standard InChI is InChI=1S/C16H24N4/c1-4-9-18-16(15-8-10-17-12-13(15)2)6-5-14-7-11-19-20(14)3/h7-8,10-12,16,18H,4-6,9H2,1-3H3. The molecule has 0 aliphatic carbocycles. The molecule has 4 nitrogen and oxygen atoms in total. The highest BCUT2D eigenvalue weighted by Gasteiger charge is 2.13. The van der Waals surface area contributed by atoms with Gasteiger partial charge in [-0.1, -0.05) is 6.92 Å². The zero-order valence-corrected chi connectivity index (χ0v) is 12.6. The highest BCUT2D eigenvalue weighted by molar-refractivity contribution is 5.25. The second-order valence-electron chi connectivity index (χ2n) is 5.22. The van der Waals surface area contributed by atoms with E-state index in [0.717, 1.165) is 25.8 Å². The minimum atomic E-state index is 0.382. The molecule has 1 N–H and O–H groups in total. The van der Waals surface area contributed by atoms with E-state index >= 15 is 0 Å². The maximum Gasteiger partial charge on any atom is 0.0492 e. The third-order valence-corrected chi connectivity index (χ3v) is 3.69. The maximum atomic E-state index is 4.23. The highest BCUT2D eigenvalue weighted by atomic mass is 15.2. The molecule has 1 atom stereocenters. The summed E-state index contributed by atoms with van der Waals surface area (Å²) in [6.07, 6.45) is 8.94. The van der Waals surface area contributed by atoms with Gasteiger partial charge in [0.25, 0.3) is 0 Å². The minimum Gasteiger partial charge on any atom is -0.310 e. The molecular formula is C16H24N4. The van der Waals surface area contributed by atoms with Crippen LogP contribution in [0.4, 0.5) is 0 Å². The maximum absolute atomic E-state index is 4.23. The Morgan fingerprint density at radius 1 is 1.30 bits per heavy atom. The topological polar surface area (TPSA) is 42.7 Å². The van der Waals surface area contributed by atoms with Gasteiger partial charge in [-0.15, -0.1) is 0 Å². The number of aryl methyl sites for hydroxylation is 3. The van der Waals surface area contributed by atoms with Gasteiger partial charge in [-0.05, 0) is 56.0 Å². The van der Waals surface area contributed by atoms with Crippen molar-refractivity contribution in [3.63, 3.8) is 0 Å².